The summed E-state index contributed by atoms with van der Waals surface area (Å²) >= 11 is 0. The van der Waals surface area contributed by atoms with Crippen molar-refractivity contribution in [2.45, 2.75) is 58.0 Å². The Kier molecular flexibility index (Phi) is 5.57. The van der Waals surface area contributed by atoms with Crippen molar-refractivity contribution in [1.29, 1.82) is 0 Å². The topological polar surface area (TPSA) is 12.0 Å². The molecule has 90 valence electrons. The Hall–Kier alpha value is 0.390. The summed E-state index contributed by atoms with van der Waals surface area (Å²) in [6.07, 6.45) is 8.61. The highest BCUT2D eigenvalue weighted by molar-refractivity contribution is 7.17. The Labute approximate surface area is 98.0 Å². The summed E-state index contributed by atoms with van der Waals surface area (Å²) in [6, 6.07) is 0. The lowest BCUT2D eigenvalue weighted by atomic mass is 9.89. The molecule has 3 unspecified atom stereocenters. The van der Waals surface area contributed by atoms with Crippen LogP contribution in [0.1, 0.15) is 52.4 Å². The summed E-state index contributed by atoms with van der Waals surface area (Å²) in [5, 5.41) is 3.24. The van der Waals surface area contributed by atoms with E-state index in [-0.39, 0.29) is 0 Å². The van der Waals surface area contributed by atoms with Crippen LogP contribution in [0.2, 0.25) is 0 Å². The third kappa shape index (κ3) is 5.31. The zero-order chi connectivity index (χ0) is 11.3. The van der Waals surface area contributed by atoms with E-state index in [4.69, 9.17) is 0 Å². The van der Waals surface area contributed by atoms with Gasteiger partial charge >= 0.3 is 0 Å². The fourth-order valence-corrected chi connectivity index (χ4v) is 3.33. The van der Waals surface area contributed by atoms with Gasteiger partial charge in [-0.2, -0.15) is 0 Å². The summed E-state index contributed by atoms with van der Waals surface area (Å²) in [4.78, 5) is 0. The summed E-state index contributed by atoms with van der Waals surface area (Å²) in [5.41, 5.74) is 1.40. The average Bonchev–Trinajstić information content (AvgIpc) is 2.46. The van der Waals surface area contributed by atoms with Crippen LogP contribution in [-0.2, 0) is 0 Å². The molecule has 1 N–H and O–H groups in total. The highest BCUT2D eigenvalue weighted by Gasteiger charge is 2.30. The predicted octanol–water partition coefficient (Wildman–Crippen LogP) is 3.45. The first-order valence-electron chi connectivity index (χ1n) is 6.44. The molecule has 15 heavy (non-hydrogen) atoms. The van der Waals surface area contributed by atoms with Crippen LogP contribution in [0.5, 0.6) is 0 Å². The quantitative estimate of drug-likeness (QED) is 0.688. The van der Waals surface area contributed by atoms with Crippen LogP contribution in [0, 0.1) is 11.3 Å². The molecule has 0 heterocycles. The normalized spacial score (nSPS) is 26.8. The molecule has 0 amide bonds. The summed E-state index contributed by atoms with van der Waals surface area (Å²) in [7, 11) is 5.00. The first kappa shape index (κ1) is 13.5. The molecule has 0 spiro atoms. The first-order chi connectivity index (χ1) is 7.03. The Balaban J connectivity index is 2.06. The number of rotatable bonds is 6. The molecule has 0 radical (unpaired) electrons. The van der Waals surface area contributed by atoms with Crippen molar-refractivity contribution in [3.8, 4) is 0 Å². The maximum Gasteiger partial charge on any atom is 0.00111 e. The van der Waals surface area contributed by atoms with Gasteiger partial charge in [0, 0.05) is 6.54 Å². The maximum atomic E-state index is 3.24. The van der Waals surface area contributed by atoms with E-state index in [2.05, 4.69) is 28.4 Å². The lowest BCUT2D eigenvalue weighted by Gasteiger charge is -2.17. The van der Waals surface area contributed by atoms with E-state index in [1.54, 1.807) is 0 Å². The second kappa shape index (κ2) is 6.21. The van der Waals surface area contributed by atoms with Gasteiger partial charge in [0.2, 0.25) is 0 Å². The van der Waals surface area contributed by atoms with Gasteiger partial charge in [0.05, 0.1) is 0 Å². The predicted molar refractivity (Wildman–Crippen MR) is 72.4 cm³/mol. The summed E-state index contributed by atoms with van der Waals surface area (Å²) in [6.45, 7) is 5.99. The molecule has 0 saturated heterocycles. The molecule has 1 aliphatic rings. The lowest BCUT2D eigenvalue weighted by Crippen LogP contribution is -2.18. The lowest BCUT2D eigenvalue weighted by molar-refractivity contribution is 0.350. The summed E-state index contributed by atoms with van der Waals surface area (Å²) in [5.74, 6) is 1.02. The van der Waals surface area contributed by atoms with Gasteiger partial charge in [-0.1, -0.05) is 26.7 Å². The summed E-state index contributed by atoms with van der Waals surface area (Å²) < 4.78 is 0. The number of hydrogen-bond acceptors (Lipinski definition) is 1. The Morgan fingerprint density at radius 2 is 2.20 bits per heavy atom. The molecule has 0 aromatic heterocycles. The highest BCUT2D eigenvalue weighted by atomic mass is 31.0. The van der Waals surface area contributed by atoms with Crippen molar-refractivity contribution in [2.24, 2.45) is 11.3 Å². The fourth-order valence-electron chi connectivity index (χ4n) is 2.86. The van der Waals surface area contributed by atoms with Crippen molar-refractivity contribution in [1.82, 2.24) is 5.32 Å². The SMILES string of the molecule is CNCC(P)CCCC1CCC(C)(C)C1. The molecule has 1 saturated carbocycles. The van der Waals surface area contributed by atoms with Gasteiger partial charge in [-0.15, -0.1) is 9.24 Å². The smallest absolute Gasteiger partial charge is 0.00111 e. The second-order valence-corrected chi connectivity index (χ2v) is 6.96. The standard InChI is InChI=1S/C13H28NP/c1-13(2)8-7-11(9-13)5-4-6-12(15)10-14-3/h11-12,14H,4-10,15H2,1-3H3. The average molecular weight is 229 g/mol. The fraction of sp³-hybridized carbons (Fsp3) is 1.00. The zero-order valence-electron chi connectivity index (χ0n) is 10.7. The Morgan fingerprint density at radius 3 is 2.73 bits per heavy atom. The van der Waals surface area contributed by atoms with Crippen LogP contribution in [0.15, 0.2) is 0 Å². The van der Waals surface area contributed by atoms with Crippen LogP contribution >= 0.6 is 9.24 Å². The van der Waals surface area contributed by atoms with Gasteiger partial charge in [0.1, 0.15) is 0 Å². The van der Waals surface area contributed by atoms with E-state index in [0.29, 0.717) is 5.41 Å². The van der Waals surface area contributed by atoms with Crippen LogP contribution in [0.3, 0.4) is 0 Å². The number of nitrogens with one attached hydrogen (secondary N) is 1. The van der Waals surface area contributed by atoms with E-state index in [9.17, 15) is 0 Å². The molecule has 0 aliphatic heterocycles. The monoisotopic (exact) mass is 229 g/mol. The van der Waals surface area contributed by atoms with E-state index >= 15 is 0 Å². The van der Waals surface area contributed by atoms with E-state index in [1.807, 2.05) is 7.05 Å². The van der Waals surface area contributed by atoms with Crippen LogP contribution in [-0.4, -0.2) is 19.3 Å². The third-order valence-corrected chi connectivity index (χ3v) is 4.29. The Bertz CT molecular complexity index is 179. The van der Waals surface area contributed by atoms with Gasteiger partial charge in [-0.05, 0) is 49.7 Å². The van der Waals surface area contributed by atoms with Gasteiger partial charge < -0.3 is 5.32 Å². The third-order valence-electron chi connectivity index (χ3n) is 3.72. The van der Waals surface area contributed by atoms with Gasteiger partial charge in [0.25, 0.3) is 0 Å². The molecule has 0 aromatic rings. The molecular formula is C13H28NP. The van der Waals surface area contributed by atoms with Crippen molar-refractivity contribution in [2.75, 3.05) is 13.6 Å². The van der Waals surface area contributed by atoms with Crippen molar-refractivity contribution in [3.63, 3.8) is 0 Å². The minimum atomic E-state index is 0.635. The van der Waals surface area contributed by atoms with Gasteiger partial charge in [-0.25, -0.2) is 0 Å². The largest absolute Gasteiger partial charge is 0.319 e. The van der Waals surface area contributed by atoms with Crippen LogP contribution in [0.25, 0.3) is 0 Å². The Morgan fingerprint density at radius 1 is 1.47 bits per heavy atom. The molecule has 1 rings (SSSR count). The second-order valence-electron chi connectivity index (χ2n) is 6.02. The molecule has 1 aliphatic carbocycles. The highest BCUT2D eigenvalue weighted by Crippen LogP contribution is 2.42. The molecule has 2 heteroatoms. The number of hydrogen-bond donors (Lipinski definition) is 1. The van der Waals surface area contributed by atoms with E-state index in [1.165, 1.54) is 38.5 Å². The molecular weight excluding hydrogens is 201 g/mol. The molecule has 3 atom stereocenters. The zero-order valence-corrected chi connectivity index (χ0v) is 11.8. The maximum absolute atomic E-state index is 3.24. The molecule has 1 nitrogen and oxygen atoms in total. The van der Waals surface area contributed by atoms with Crippen LogP contribution in [0.4, 0.5) is 0 Å². The minimum Gasteiger partial charge on any atom is -0.319 e. The molecule has 1 fully saturated rings. The van der Waals surface area contributed by atoms with Crippen molar-refractivity contribution in [3.05, 3.63) is 0 Å². The molecule has 0 bridgehead atoms. The minimum absolute atomic E-state index is 0.635. The molecule has 0 aromatic carbocycles. The van der Waals surface area contributed by atoms with E-state index < -0.39 is 0 Å². The van der Waals surface area contributed by atoms with Crippen LogP contribution < -0.4 is 5.32 Å². The van der Waals surface area contributed by atoms with Crippen molar-refractivity contribution < 1.29 is 0 Å². The van der Waals surface area contributed by atoms with Crippen molar-refractivity contribution >= 4 is 9.24 Å². The van der Waals surface area contributed by atoms with Gasteiger partial charge in [-0.3, -0.25) is 0 Å². The van der Waals surface area contributed by atoms with E-state index in [0.717, 1.165) is 18.1 Å². The van der Waals surface area contributed by atoms with Gasteiger partial charge in [0.15, 0.2) is 0 Å². The first-order valence-corrected chi connectivity index (χ1v) is 7.10.